The Morgan fingerprint density at radius 2 is 1.39 bits per heavy atom. The molecule has 2 saturated carbocycles. The van der Waals surface area contributed by atoms with Crippen LogP contribution in [0.3, 0.4) is 0 Å². The van der Waals surface area contributed by atoms with Crippen molar-refractivity contribution in [2.45, 2.75) is 115 Å². The number of hydrogen-bond donors (Lipinski definition) is 4. The number of allylic oxidation sites excluding steroid dienone is 1. The van der Waals surface area contributed by atoms with Gasteiger partial charge < -0.3 is 44.3 Å². The second kappa shape index (κ2) is 17.6. The SMILES string of the molecule is CCC1(O)C(OC(=O)c2ccccc2)C2C(C)(C(=O)[C@H](OC(C)=O)C(=C(C)C)[C@@]1(C)OC(=O)C(O)[C@@H](NC(=O)c1ccccc1)c1ccccc1)C(O)C[C@H]1OC[C@@]21OC(C)=O. The molecule has 4 N–H and O–H groups in total. The molecular weight excluding hydrogens is 803 g/mol. The molecule has 3 aromatic carbocycles. The Balaban J connectivity index is 1.60. The van der Waals surface area contributed by atoms with Crippen LogP contribution in [-0.2, 0) is 42.9 Å². The van der Waals surface area contributed by atoms with Crippen LogP contribution in [0.2, 0.25) is 0 Å². The number of hydrogen-bond acceptors (Lipinski definition) is 14. The fourth-order valence-electron chi connectivity index (χ4n) is 9.68. The van der Waals surface area contributed by atoms with Gasteiger partial charge in [-0.25, -0.2) is 9.59 Å². The molecule has 1 amide bonds. The average molecular weight is 856 g/mol. The predicted octanol–water partition coefficient (Wildman–Crippen LogP) is 4.13. The first-order chi connectivity index (χ1) is 29.3. The quantitative estimate of drug-likeness (QED) is 0.121. The Morgan fingerprint density at radius 1 is 0.823 bits per heavy atom. The van der Waals surface area contributed by atoms with Gasteiger partial charge in [0.15, 0.2) is 29.2 Å². The maximum Gasteiger partial charge on any atom is 0.338 e. The van der Waals surface area contributed by atoms with E-state index in [0.717, 1.165) is 13.8 Å². The summed E-state index contributed by atoms with van der Waals surface area (Å²) in [6.07, 6.45) is -9.55. The fourth-order valence-corrected chi connectivity index (χ4v) is 9.68. The van der Waals surface area contributed by atoms with Crippen molar-refractivity contribution >= 4 is 35.6 Å². The number of benzene rings is 3. The maximum atomic E-state index is 15.6. The van der Waals surface area contributed by atoms with Gasteiger partial charge in [-0.3, -0.25) is 19.2 Å². The van der Waals surface area contributed by atoms with E-state index in [1.807, 2.05) is 0 Å². The lowest BCUT2D eigenvalue weighted by molar-refractivity contribution is -0.347. The summed E-state index contributed by atoms with van der Waals surface area (Å²) in [4.78, 5) is 84.4. The molecule has 0 aromatic heterocycles. The number of aliphatic hydroxyl groups is 3. The van der Waals surface area contributed by atoms with Crippen LogP contribution in [0.1, 0.15) is 93.6 Å². The Kier molecular flexibility index (Phi) is 13.0. The fraction of sp³-hybridized carbons (Fsp3) is 0.447. The van der Waals surface area contributed by atoms with Gasteiger partial charge in [0, 0.05) is 31.4 Å². The molecule has 15 heteroatoms. The molecule has 1 aliphatic heterocycles. The third kappa shape index (κ3) is 7.82. The number of carbonyl (C=O) groups is 6. The molecule has 2 aliphatic carbocycles. The minimum atomic E-state index is -2.68. The van der Waals surface area contributed by atoms with Crippen LogP contribution >= 0.6 is 0 Å². The van der Waals surface area contributed by atoms with Crippen LogP contribution in [0.15, 0.2) is 102 Å². The third-order valence-electron chi connectivity index (χ3n) is 12.8. The van der Waals surface area contributed by atoms with Gasteiger partial charge in [-0.15, -0.1) is 0 Å². The van der Waals surface area contributed by atoms with Crippen molar-refractivity contribution in [1.29, 1.82) is 0 Å². The van der Waals surface area contributed by atoms with Crippen LogP contribution in [0.25, 0.3) is 0 Å². The van der Waals surface area contributed by atoms with E-state index < -0.39 is 107 Å². The summed E-state index contributed by atoms with van der Waals surface area (Å²) >= 11 is 0. The lowest BCUT2D eigenvalue weighted by atomic mass is 9.47. The number of esters is 4. The molecule has 3 aliphatic rings. The first kappa shape index (κ1) is 45.8. The minimum absolute atomic E-state index is 0.0227. The second-order valence-corrected chi connectivity index (χ2v) is 16.7. The van der Waals surface area contributed by atoms with E-state index in [2.05, 4.69) is 5.32 Å². The number of fused-ring (bicyclic) bond motifs is 3. The minimum Gasteiger partial charge on any atom is -0.455 e. The lowest BCUT2D eigenvalue weighted by Gasteiger charge is -2.66. The van der Waals surface area contributed by atoms with Gasteiger partial charge in [0.05, 0.1) is 35.6 Å². The third-order valence-corrected chi connectivity index (χ3v) is 12.8. The maximum absolute atomic E-state index is 15.6. The van der Waals surface area contributed by atoms with Crippen LogP contribution in [0.5, 0.6) is 0 Å². The molecule has 0 spiro atoms. The van der Waals surface area contributed by atoms with Gasteiger partial charge in [0.2, 0.25) is 0 Å². The highest BCUT2D eigenvalue weighted by atomic mass is 16.6. The van der Waals surface area contributed by atoms with E-state index in [4.69, 9.17) is 23.7 Å². The average Bonchev–Trinajstić information content (AvgIpc) is 3.24. The first-order valence-electron chi connectivity index (χ1n) is 20.5. The number of aliphatic hydroxyl groups excluding tert-OH is 2. The van der Waals surface area contributed by atoms with E-state index >= 15 is 4.79 Å². The van der Waals surface area contributed by atoms with E-state index in [0.29, 0.717) is 5.56 Å². The number of ketones is 1. The van der Waals surface area contributed by atoms with Crippen LogP contribution < -0.4 is 5.32 Å². The molecule has 0 bridgehead atoms. The summed E-state index contributed by atoms with van der Waals surface area (Å²) in [7, 11) is 0. The second-order valence-electron chi connectivity index (χ2n) is 16.7. The van der Waals surface area contributed by atoms with E-state index in [1.165, 1.54) is 46.8 Å². The van der Waals surface area contributed by atoms with Crippen LogP contribution in [0, 0.1) is 11.3 Å². The van der Waals surface area contributed by atoms with Gasteiger partial charge in [0.1, 0.15) is 17.8 Å². The summed E-state index contributed by atoms with van der Waals surface area (Å²) in [6.45, 7) is 8.95. The molecular formula is C47H53NO14. The zero-order chi connectivity index (χ0) is 45.4. The highest BCUT2D eigenvalue weighted by molar-refractivity contribution is 5.96. The highest BCUT2D eigenvalue weighted by Crippen LogP contribution is 2.62. The highest BCUT2D eigenvalue weighted by Gasteiger charge is 2.78. The van der Waals surface area contributed by atoms with E-state index in [9.17, 15) is 39.3 Å². The number of carbonyl (C=O) groups excluding carboxylic acids is 6. The number of nitrogens with one attached hydrogen (secondary N) is 1. The summed E-state index contributed by atoms with van der Waals surface area (Å²) < 4.78 is 30.5. The summed E-state index contributed by atoms with van der Waals surface area (Å²) in [5.41, 5.74) is -8.73. The molecule has 15 nitrogen and oxygen atoms in total. The van der Waals surface area contributed by atoms with Crippen LogP contribution in [0.4, 0.5) is 0 Å². The Labute approximate surface area is 359 Å². The number of rotatable bonds is 11. The van der Waals surface area contributed by atoms with Gasteiger partial charge >= 0.3 is 23.9 Å². The molecule has 0 radical (unpaired) electrons. The van der Waals surface area contributed by atoms with Crippen molar-refractivity contribution in [1.82, 2.24) is 5.32 Å². The van der Waals surface area contributed by atoms with Crippen LogP contribution in [-0.4, -0.2) is 105 Å². The molecule has 3 fully saturated rings. The lowest BCUT2D eigenvalue weighted by Crippen LogP contribution is -2.82. The molecule has 3 aromatic rings. The van der Waals surface area contributed by atoms with Crippen molar-refractivity contribution in [3.8, 4) is 0 Å². The summed E-state index contributed by atoms with van der Waals surface area (Å²) in [5, 5.41) is 40.6. The molecule has 6 unspecified atom stereocenters. The van der Waals surface area contributed by atoms with Crippen molar-refractivity contribution in [2.75, 3.05) is 6.61 Å². The van der Waals surface area contributed by atoms with E-state index in [-0.39, 0.29) is 35.3 Å². The predicted molar refractivity (Wildman–Crippen MR) is 220 cm³/mol. The Hall–Kier alpha value is -5.74. The van der Waals surface area contributed by atoms with Crippen molar-refractivity contribution < 1.29 is 67.8 Å². The van der Waals surface area contributed by atoms with Gasteiger partial charge in [-0.2, -0.15) is 0 Å². The van der Waals surface area contributed by atoms with Crippen molar-refractivity contribution in [3.63, 3.8) is 0 Å². The zero-order valence-corrected chi connectivity index (χ0v) is 35.7. The van der Waals surface area contributed by atoms with Crippen molar-refractivity contribution in [3.05, 3.63) is 119 Å². The monoisotopic (exact) mass is 855 g/mol. The number of ether oxygens (including phenoxy) is 5. The summed E-state index contributed by atoms with van der Waals surface area (Å²) in [6, 6.07) is 22.5. The number of amides is 1. The largest absolute Gasteiger partial charge is 0.455 e. The molecule has 1 heterocycles. The van der Waals surface area contributed by atoms with Crippen molar-refractivity contribution in [2.24, 2.45) is 11.3 Å². The van der Waals surface area contributed by atoms with Gasteiger partial charge in [0.25, 0.3) is 5.91 Å². The molecule has 330 valence electrons. The molecule has 11 atom stereocenters. The van der Waals surface area contributed by atoms with Gasteiger partial charge in [-0.1, -0.05) is 79.2 Å². The topological polar surface area (TPSA) is 221 Å². The van der Waals surface area contributed by atoms with E-state index in [1.54, 1.807) is 78.9 Å². The smallest absolute Gasteiger partial charge is 0.338 e. The molecule has 62 heavy (non-hydrogen) atoms. The Bertz CT molecular complexity index is 2230. The zero-order valence-electron chi connectivity index (χ0n) is 35.7. The standard InChI is InChI=1S/C47H53NO14/c1-8-47(57)40(60-42(55)31-22-16-11-17-23-31)38-44(6,32(51)24-33-46(38,25-58-33)61-28(5)50)39(53)37(59-27(4)49)34(26(2)3)45(47,7)62-43(56)36(52)35(29-18-12-9-13-19-29)48-41(54)30-20-14-10-15-21-30/h9-23,32-33,35-38,40,51-52,57H,8,24-25H2,1-7H3,(H,48,54)/t32?,33-,35+,36?,37-,38?,40?,44?,45-,46+,47?/m1/s1. The number of Topliss-reactive ketones (excluding diaryl/α,β-unsaturated/α-hetero) is 1. The summed E-state index contributed by atoms with van der Waals surface area (Å²) in [5.74, 6) is -7.43. The Morgan fingerprint density at radius 3 is 1.89 bits per heavy atom. The first-order valence-corrected chi connectivity index (χ1v) is 20.5. The molecule has 1 saturated heterocycles. The molecule has 6 rings (SSSR count). The van der Waals surface area contributed by atoms with Gasteiger partial charge in [-0.05, 0) is 63.9 Å². The normalized spacial score (nSPS) is 31.2.